The standard InChI is InChI=1S/C12H20N2OS.ClH/c15-12(11-2-1-5-16-11)14-4-3-9-6-13-7-10(9)8-14;/h9-11,13H,1-8H2;1H. The van der Waals surface area contributed by atoms with E-state index in [0.29, 0.717) is 5.91 Å². The van der Waals surface area contributed by atoms with Crippen LogP contribution < -0.4 is 5.32 Å². The zero-order valence-corrected chi connectivity index (χ0v) is 11.7. The molecule has 17 heavy (non-hydrogen) atoms. The molecule has 3 heterocycles. The summed E-state index contributed by atoms with van der Waals surface area (Å²) in [4.78, 5) is 14.4. The quantitative estimate of drug-likeness (QED) is 0.785. The third-order valence-corrected chi connectivity index (χ3v) is 5.59. The molecule has 1 N–H and O–H groups in total. The molecule has 0 aromatic carbocycles. The molecule has 3 aliphatic rings. The average molecular weight is 277 g/mol. The molecule has 3 atom stereocenters. The van der Waals surface area contributed by atoms with Crippen LogP contribution in [0.25, 0.3) is 0 Å². The summed E-state index contributed by atoms with van der Waals surface area (Å²) in [6.07, 6.45) is 3.54. The summed E-state index contributed by atoms with van der Waals surface area (Å²) >= 11 is 1.86. The number of hydrogen-bond donors (Lipinski definition) is 1. The van der Waals surface area contributed by atoms with Crippen molar-refractivity contribution in [2.45, 2.75) is 24.5 Å². The summed E-state index contributed by atoms with van der Waals surface area (Å²) in [5, 5.41) is 3.73. The van der Waals surface area contributed by atoms with E-state index in [0.717, 1.165) is 37.9 Å². The van der Waals surface area contributed by atoms with Gasteiger partial charge in [-0.1, -0.05) is 0 Å². The molecule has 0 aromatic rings. The fourth-order valence-electron chi connectivity index (χ4n) is 3.21. The van der Waals surface area contributed by atoms with Crippen molar-refractivity contribution in [3.8, 4) is 0 Å². The van der Waals surface area contributed by atoms with E-state index >= 15 is 0 Å². The number of nitrogens with zero attached hydrogens (tertiary/aromatic N) is 1. The van der Waals surface area contributed by atoms with Crippen LogP contribution in [0.4, 0.5) is 0 Å². The fraction of sp³-hybridized carbons (Fsp3) is 0.917. The number of piperidine rings is 1. The van der Waals surface area contributed by atoms with Crippen LogP contribution in [0.15, 0.2) is 0 Å². The first-order chi connectivity index (χ1) is 7.84. The molecular weight excluding hydrogens is 256 g/mol. The van der Waals surface area contributed by atoms with Crippen molar-refractivity contribution in [2.75, 3.05) is 31.9 Å². The minimum Gasteiger partial charge on any atom is -0.341 e. The number of halogens is 1. The molecule has 0 aromatic heterocycles. The second-order valence-electron chi connectivity index (χ2n) is 5.25. The van der Waals surface area contributed by atoms with Crippen molar-refractivity contribution < 1.29 is 4.79 Å². The number of thioether (sulfide) groups is 1. The molecule has 3 saturated heterocycles. The topological polar surface area (TPSA) is 32.3 Å². The summed E-state index contributed by atoms with van der Waals surface area (Å²) < 4.78 is 0. The van der Waals surface area contributed by atoms with Crippen LogP contribution in [0.2, 0.25) is 0 Å². The van der Waals surface area contributed by atoms with Crippen molar-refractivity contribution in [2.24, 2.45) is 11.8 Å². The Labute approximate surface area is 113 Å². The third-order valence-electron chi connectivity index (χ3n) is 4.22. The number of likely N-dealkylation sites (tertiary alicyclic amines) is 1. The van der Waals surface area contributed by atoms with E-state index in [1.54, 1.807) is 0 Å². The van der Waals surface area contributed by atoms with Gasteiger partial charge in [-0.2, -0.15) is 0 Å². The van der Waals surface area contributed by atoms with Gasteiger partial charge in [-0.15, -0.1) is 24.2 Å². The van der Waals surface area contributed by atoms with Crippen LogP contribution in [0, 0.1) is 11.8 Å². The van der Waals surface area contributed by atoms with Crippen LogP contribution in [0.3, 0.4) is 0 Å². The van der Waals surface area contributed by atoms with Gasteiger partial charge in [-0.3, -0.25) is 4.79 Å². The van der Waals surface area contributed by atoms with E-state index in [2.05, 4.69) is 10.2 Å². The highest BCUT2D eigenvalue weighted by Gasteiger charge is 2.36. The van der Waals surface area contributed by atoms with Crippen molar-refractivity contribution in [3.05, 3.63) is 0 Å². The molecule has 3 aliphatic heterocycles. The molecule has 98 valence electrons. The molecule has 1 amide bonds. The molecule has 3 nitrogen and oxygen atoms in total. The monoisotopic (exact) mass is 276 g/mol. The van der Waals surface area contributed by atoms with Crippen molar-refractivity contribution >= 4 is 30.1 Å². The van der Waals surface area contributed by atoms with Gasteiger partial charge in [-0.05, 0) is 49.9 Å². The van der Waals surface area contributed by atoms with Crippen LogP contribution in [0.1, 0.15) is 19.3 Å². The molecule has 3 rings (SSSR count). The van der Waals surface area contributed by atoms with E-state index in [4.69, 9.17) is 0 Å². The first kappa shape index (κ1) is 13.5. The van der Waals surface area contributed by atoms with E-state index in [1.165, 1.54) is 25.1 Å². The van der Waals surface area contributed by atoms with Crippen LogP contribution >= 0.6 is 24.2 Å². The molecular formula is C12H21ClN2OS. The summed E-state index contributed by atoms with van der Waals surface area (Å²) in [6, 6.07) is 0. The molecule has 0 bridgehead atoms. The number of fused-ring (bicyclic) bond motifs is 1. The molecule has 3 unspecified atom stereocenters. The van der Waals surface area contributed by atoms with Gasteiger partial charge in [0.05, 0.1) is 5.25 Å². The lowest BCUT2D eigenvalue weighted by molar-refractivity contribution is -0.132. The zero-order valence-electron chi connectivity index (χ0n) is 10.1. The molecule has 5 heteroatoms. The zero-order chi connectivity index (χ0) is 11.0. The smallest absolute Gasteiger partial charge is 0.235 e. The van der Waals surface area contributed by atoms with Crippen molar-refractivity contribution in [1.29, 1.82) is 0 Å². The van der Waals surface area contributed by atoms with Gasteiger partial charge in [0, 0.05) is 13.1 Å². The lowest BCUT2D eigenvalue weighted by Crippen LogP contribution is -2.46. The Balaban J connectivity index is 0.00000108. The van der Waals surface area contributed by atoms with Gasteiger partial charge in [0.2, 0.25) is 5.91 Å². The highest BCUT2D eigenvalue weighted by atomic mass is 35.5. The normalized spacial score (nSPS) is 36.5. The fourth-order valence-corrected chi connectivity index (χ4v) is 4.45. The van der Waals surface area contributed by atoms with Gasteiger partial charge in [0.25, 0.3) is 0 Å². The van der Waals surface area contributed by atoms with Crippen LogP contribution in [-0.2, 0) is 4.79 Å². The van der Waals surface area contributed by atoms with Crippen LogP contribution in [0.5, 0.6) is 0 Å². The molecule has 0 radical (unpaired) electrons. The second-order valence-corrected chi connectivity index (χ2v) is 6.56. The lowest BCUT2D eigenvalue weighted by atomic mass is 9.88. The summed E-state index contributed by atoms with van der Waals surface area (Å²) in [5.74, 6) is 3.16. The van der Waals surface area contributed by atoms with E-state index in [1.807, 2.05) is 11.8 Å². The number of amides is 1. The first-order valence-electron chi connectivity index (χ1n) is 6.45. The predicted octanol–water partition coefficient (Wildman–Crippen LogP) is 1.37. The Hall–Kier alpha value is 0.0700. The second kappa shape index (κ2) is 5.81. The van der Waals surface area contributed by atoms with Crippen molar-refractivity contribution in [3.63, 3.8) is 0 Å². The number of nitrogens with one attached hydrogen (secondary N) is 1. The number of rotatable bonds is 1. The van der Waals surface area contributed by atoms with Gasteiger partial charge >= 0.3 is 0 Å². The van der Waals surface area contributed by atoms with Gasteiger partial charge in [-0.25, -0.2) is 0 Å². The number of hydrogen-bond acceptors (Lipinski definition) is 3. The maximum Gasteiger partial charge on any atom is 0.235 e. The molecule has 0 spiro atoms. The first-order valence-corrected chi connectivity index (χ1v) is 7.50. The molecule has 0 aliphatic carbocycles. The number of carbonyl (C=O) groups excluding carboxylic acids is 1. The Bertz CT molecular complexity index is 284. The van der Waals surface area contributed by atoms with E-state index in [9.17, 15) is 4.79 Å². The highest BCUT2D eigenvalue weighted by molar-refractivity contribution is 8.00. The van der Waals surface area contributed by atoms with Gasteiger partial charge in [0.15, 0.2) is 0 Å². The van der Waals surface area contributed by atoms with Crippen LogP contribution in [-0.4, -0.2) is 48.0 Å². The molecule has 0 saturated carbocycles. The lowest BCUT2D eigenvalue weighted by Gasteiger charge is -2.35. The van der Waals surface area contributed by atoms with Crippen molar-refractivity contribution in [1.82, 2.24) is 10.2 Å². The largest absolute Gasteiger partial charge is 0.341 e. The number of carbonyl (C=O) groups is 1. The highest BCUT2D eigenvalue weighted by Crippen LogP contribution is 2.31. The maximum atomic E-state index is 12.3. The van der Waals surface area contributed by atoms with E-state index in [-0.39, 0.29) is 17.7 Å². The minimum atomic E-state index is 0. The minimum absolute atomic E-state index is 0. The average Bonchev–Trinajstić information content (AvgIpc) is 2.98. The Morgan fingerprint density at radius 2 is 2.06 bits per heavy atom. The van der Waals surface area contributed by atoms with E-state index < -0.39 is 0 Å². The third kappa shape index (κ3) is 2.74. The van der Waals surface area contributed by atoms with Gasteiger partial charge in [0.1, 0.15) is 0 Å². The SMILES string of the molecule is Cl.O=C(C1CCCS1)N1CCC2CNCC2C1. The predicted molar refractivity (Wildman–Crippen MR) is 73.8 cm³/mol. The molecule has 3 fully saturated rings. The van der Waals surface area contributed by atoms with Gasteiger partial charge < -0.3 is 10.2 Å². The Kier molecular flexibility index (Phi) is 4.61. The summed E-state index contributed by atoms with van der Waals surface area (Å²) in [5.41, 5.74) is 0. The summed E-state index contributed by atoms with van der Waals surface area (Å²) in [7, 11) is 0. The Morgan fingerprint density at radius 1 is 1.24 bits per heavy atom. The maximum absolute atomic E-state index is 12.3. The summed E-state index contributed by atoms with van der Waals surface area (Å²) in [6.45, 7) is 4.30. The Morgan fingerprint density at radius 3 is 2.82 bits per heavy atom.